The van der Waals surface area contributed by atoms with Crippen molar-refractivity contribution in [3.8, 4) is 5.75 Å². The summed E-state index contributed by atoms with van der Waals surface area (Å²) in [5, 5.41) is 13.3. The molecule has 2 aliphatic heterocycles. The molecule has 0 saturated carbocycles. The number of para-hydroxylation sites is 1. The fraction of sp³-hybridized carbons (Fsp3) is 0.600. The van der Waals surface area contributed by atoms with Crippen LogP contribution in [0.2, 0.25) is 0 Å². The van der Waals surface area contributed by atoms with E-state index < -0.39 is 6.10 Å². The van der Waals surface area contributed by atoms with Crippen molar-refractivity contribution in [3.05, 3.63) is 30.3 Å². The largest absolute Gasteiger partial charge is 0.491 e. The molecule has 2 bridgehead atoms. The number of aliphatic hydroxyl groups excluding tert-OH is 1. The Bertz CT molecular complexity index is 398. The third kappa shape index (κ3) is 3.26. The van der Waals surface area contributed by atoms with Crippen LogP contribution in [0.1, 0.15) is 19.3 Å². The number of benzene rings is 1. The highest BCUT2D eigenvalue weighted by Crippen LogP contribution is 2.34. The van der Waals surface area contributed by atoms with E-state index in [4.69, 9.17) is 9.47 Å². The van der Waals surface area contributed by atoms with Crippen LogP contribution in [0, 0.1) is 0 Å². The van der Waals surface area contributed by atoms with Crippen LogP contribution >= 0.6 is 0 Å². The summed E-state index contributed by atoms with van der Waals surface area (Å²) in [5.41, 5.74) is 0. The molecule has 0 aliphatic carbocycles. The highest BCUT2D eigenvalue weighted by molar-refractivity contribution is 5.20. The number of rotatable bonds is 6. The average molecular weight is 263 g/mol. The van der Waals surface area contributed by atoms with Gasteiger partial charge in [-0.25, -0.2) is 0 Å². The predicted molar refractivity (Wildman–Crippen MR) is 72.2 cm³/mol. The predicted octanol–water partition coefficient (Wildman–Crippen LogP) is 1.34. The summed E-state index contributed by atoms with van der Waals surface area (Å²) in [7, 11) is 0. The van der Waals surface area contributed by atoms with Crippen LogP contribution in [-0.2, 0) is 4.74 Å². The average Bonchev–Trinajstić information content (AvgIpc) is 3.06. The van der Waals surface area contributed by atoms with Crippen LogP contribution in [-0.4, -0.2) is 42.6 Å². The molecule has 1 aromatic carbocycles. The van der Waals surface area contributed by atoms with Crippen molar-refractivity contribution in [2.45, 2.75) is 43.6 Å². The van der Waals surface area contributed by atoms with Crippen LogP contribution in [0.15, 0.2) is 30.3 Å². The van der Waals surface area contributed by atoms with E-state index in [9.17, 15) is 5.11 Å². The van der Waals surface area contributed by atoms with Gasteiger partial charge in [-0.15, -0.1) is 0 Å². The summed E-state index contributed by atoms with van der Waals surface area (Å²) in [5.74, 6) is 0.796. The van der Waals surface area contributed by atoms with E-state index >= 15 is 0 Å². The second kappa shape index (κ2) is 5.90. The molecule has 2 aliphatic rings. The van der Waals surface area contributed by atoms with Crippen molar-refractivity contribution >= 4 is 0 Å². The first-order valence-corrected chi connectivity index (χ1v) is 7.06. The van der Waals surface area contributed by atoms with Gasteiger partial charge in [-0.3, -0.25) is 0 Å². The highest BCUT2D eigenvalue weighted by atomic mass is 16.5. The number of hydrogen-bond acceptors (Lipinski definition) is 4. The first-order valence-electron chi connectivity index (χ1n) is 7.06. The molecule has 4 heteroatoms. The summed E-state index contributed by atoms with van der Waals surface area (Å²) < 4.78 is 11.3. The Morgan fingerprint density at radius 3 is 2.84 bits per heavy atom. The van der Waals surface area contributed by atoms with Gasteiger partial charge in [0.15, 0.2) is 0 Å². The molecule has 0 amide bonds. The van der Waals surface area contributed by atoms with Crippen molar-refractivity contribution in [2.75, 3.05) is 13.2 Å². The van der Waals surface area contributed by atoms with Crippen LogP contribution < -0.4 is 10.1 Å². The summed E-state index contributed by atoms with van der Waals surface area (Å²) >= 11 is 0. The first kappa shape index (κ1) is 12.9. The third-order valence-corrected chi connectivity index (χ3v) is 3.91. The van der Waals surface area contributed by atoms with Crippen molar-refractivity contribution in [1.82, 2.24) is 5.32 Å². The molecule has 0 aromatic heterocycles. The molecular weight excluding hydrogens is 242 g/mol. The fourth-order valence-corrected chi connectivity index (χ4v) is 2.91. The fourth-order valence-electron chi connectivity index (χ4n) is 2.91. The topological polar surface area (TPSA) is 50.7 Å². The van der Waals surface area contributed by atoms with E-state index in [0.717, 1.165) is 18.6 Å². The van der Waals surface area contributed by atoms with E-state index in [2.05, 4.69) is 5.32 Å². The summed E-state index contributed by atoms with van der Waals surface area (Å²) in [6.07, 6.45) is 3.74. The van der Waals surface area contributed by atoms with E-state index in [1.807, 2.05) is 30.3 Å². The van der Waals surface area contributed by atoms with Gasteiger partial charge in [0.25, 0.3) is 0 Å². The van der Waals surface area contributed by atoms with Crippen LogP contribution in [0.25, 0.3) is 0 Å². The normalized spacial score (nSPS) is 30.5. The van der Waals surface area contributed by atoms with Crippen molar-refractivity contribution in [2.24, 2.45) is 0 Å². The maximum atomic E-state index is 9.91. The minimum absolute atomic E-state index is 0.318. The lowest BCUT2D eigenvalue weighted by Gasteiger charge is -2.22. The molecule has 1 aromatic rings. The lowest BCUT2D eigenvalue weighted by atomic mass is 9.95. The second-order valence-corrected chi connectivity index (χ2v) is 5.40. The van der Waals surface area contributed by atoms with Gasteiger partial charge in [-0.05, 0) is 31.4 Å². The molecule has 0 spiro atoms. The molecule has 2 saturated heterocycles. The third-order valence-electron chi connectivity index (χ3n) is 3.91. The highest BCUT2D eigenvalue weighted by Gasteiger charge is 2.40. The van der Waals surface area contributed by atoms with Gasteiger partial charge in [-0.2, -0.15) is 0 Å². The number of hydrogen-bond donors (Lipinski definition) is 2. The molecule has 2 fully saturated rings. The maximum Gasteiger partial charge on any atom is 0.119 e. The lowest BCUT2D eigenvalue weighted by molar-refractivity contribution is 0.0853. The van der Waals surface area contributed by atoms with Crippen molar-refractivity contribution in [1.29, 1.82) is 0 Å². The molecule has 4 unspecified atom stereocenters. The monoisotopic (exact) mass is 263 g/mol. The summed E-state index contributed by atoms with van der Waals surface area (Å²) in [4.78, 5) is 0. The van der Waals surface area contributed by atoms with E-state index in [0.29, 0.717) is 31.4 Å². The molecule has 0 radical (unpaired) electrons. The molecule has 104 valence electrons. The Hall–Kier alpha value is -1.10. The quantitative estimate of drug-likeness (QED) is 0.813. The molecule has 2 heterocycles. The Kier molecular flexibility index (Phi) is 4.01. The van der Waals surface area contributed by atoms with Crippen molar-refractivity contribution < 1.29 is 14.6 Å². The molecule has 3 rings (SSSR count). The lowest BCUT2D eigenvalue weighted by Crippen LogP contribution is -2.42. The number of nitrogens with one attached hydrogen (secondary N) is 1. The summed E-state index contributed by atoms with van der Waals surface area (Å²) in [6, 6.07) is 9.98. The van der Waals surface area contributed by atoms with Gasteiger partial charge in [0.2, 0.25) is 0 Å². The Balaban J connectivity index is 1.36. The Morgan fingerprint density at radius 1 is 1.32 bits per heavy atom. The molecular formula is C15H21NO3. The Morgan fingerprint density at radius 2 is 2.16 bits per heavy atom. The Labute approximate surface area is 113 Å². The minimum atomic E-state index is -0.487. The number of ether oxygens (including phenoxy) is 2. The SMILES string of the molecule is OC(CNC1CC2CCC1O2)COc1ccccc1. The van der Waals surface area contributed by atoms with Crippen LogP contribution in [0.5, 0.6) is 5.75 Å². The van der Waals surface area contributed by atoms with E-state index in [1.54, 1.807) is 0 Å². The zero-order valence-corrected chi connectivity index (χ0v) is 11.0. The van der Waals surface area contributed by atoms with Gasteiger partial charge in [-0.1, -0.05) is 18.2 Å². The van der Waals surface area contributed by atoms with Gasteiger partial charge in [0.05, 0.1) is 12.2 Å². The molecule has 4 nitrogen and oxygen atoms in total. The van der Waals surface area contributed by atoms with Crippen LogP contribution in [0.4, 0.5) is 0 Å². The minimum Gasteiger partial charge on any atom is -0.491 e. The van der Waals surface area contributed by atoms with Gasteiger partial charge >= 0.3 is 0 Å². The standard InChI is InChI=1S/C15H21NO3/c17-11(10-18-12-4-2-1-3-5-12)9-16-14-8-13-6-7-15(14)19-13/h1-5,11,13-17H,6-10H2. The van der Waals surface area contributed by atoms with Gasteiger partial charge < -0.3 is 19.9 Å². The molecule has 4 atom stereocenters. The first-order chi connectivity index (χ1) is 9.31. The zero-order valence-electron chi connectivity index (χ0n) is 11.0. The second-order valence-electron chi connectivity index (χ2n) is 5.40. The number of fused-ring (bicyclic) bond motifs is 2. The van der Waals surface area contributed by atoms with Gasteiger partial charge in [0.1, 0.15) is 18.5 Å². The summed E-state index contributed by atoms with van der Waals surface area (Å²) in [6.45, 7) is 0.878. The van der Waals surface area contributed by atoms with E-state index in [-0.39, 0.29) is 0 Å². The van der Waals surface area contributed by atoms with Crippen LogP contribution in [0.3, 0.4) is 0 Å². The smallest absolute Gasteiger partial charge is 0.119 e. The van der Waals surface area contributed by atoms with Gasteiger partial charge in [0, 0.05) is 12.6 Å². The molecule has 19 heavy (non-hydrogen) atoms. The molecule has 2 N–H and O–H groups in total. The maximum absolute atomic E-state index is 9.91. The zero-order chi connectivity index (χ0) is 13.1. The van der Waals surface area contributed by atoms with Crippen molar-refractivity contribution in [3.63, 3.8) is 0 Å². The number of aliphatic hydroxyl groups is 1. The van der Waals surface area contributed by atoms with E-state index in [1.165, 1.54) is 6.42 Å².